The first-order valence-corrected chi connectivity index (χ1v) is 8.40. The highest BCUT2D eigenvalue weighted by molar-refractivity contribution is 6.31. The molecular weight excluding hydrogens is 364 g/mol. The number of rotatable bonds is 6. The summed E-state index contributed by atoms with van der Waals surface area (Å²) in [6.45, 7) is 1.40. The fraction of sp³-hybridized carbons (Fsp3) is 0.150. The fourth-order valence-electron chi connectivity index (χ4n) is 2.60. The molecule has 1 heterocycles. The van der Waals surface area contributed by atoms with E-state index in [0.717, 1.165) is 0 Å². The van der Waals surface area contributed by atoms with Crippen LogP contribution in [0.25, 0.3) is 6.08 Å². The molecule has 2 aromatic rings. The monoisotopic (exact) mass is 382 g/mol. The zero-order valence-electron chi connectivity index (χ0n) is 15.2. The number of nitrogens with zero attached hydrogens (tertiary/aromatic N) is 1. The molecule has 2 aromatic carbocycles. The van der Waals surface area contributed by atoms with Crippen LogP contribution in [0.3, 0.4) is 0 Å². The second-order valence-corrected chi connectivity index (χ2v) is 5.98. The lowest BCUT2D eigenvalue weighted by Crippen LogP contribution is -2.35. The van der Waals surface area contributed by atoms with Gasteiger partial charge in [0.15, 0.2) is 17.6 Å². The molecule has 1 fully saturated rings. The molecular formula is C20H18N2O6. The van der Waals surface area contributed by atoms with Gasteiger partial charge in [-0.1, -0.05) is 24.3 Å². The van der Waals surface area contributed by atoms with Crippen LogP contribution in [0.4, 0.5) is 5.69 Å². The topological polar surface area (TPSA) is 105 Å². The number of carbonyl (C=O) groups is 3. The zero-order chi connectivity index (χ0) is 20.3. The maximum atomic E-state index is 12.6. The minimum absolute atomic E-state index is 0.0292. The van der Waals surface area contributed by atoms with Crippen LogP contribution in [0, 0.1) is 0 Å². The van der Waals surface area contributed by atoms with Crippen molar-refractivity contribution >= 4 is 29.5 Å². The van der Waals surface area contributed by atoms with Gasteiger partial charge in [0.05, 0.1) is 12.8 Å². The van der Waals surface area contributed by atoms with Crippen molar-refractivity contribution < 1.29 is 29.0 Å². The molecule has 0 aliphatic carbocycles. The first kappa shape index (κ1) is 19.0. The summed E-state index contributed by atoms with van der Waals surface area (Å²) in [6, 6.07) is 13.4. The Hall–Kier alpha value is -3.81. The van der Waals surface area contributed by atoms with Crippen molar-refractivity contribution in [1.29, 1.82) is 0 Å². The number of hydrazine groups is 1. The van der Waals surface area contributed by atoms with E-state index in [1.54, 1.807) is 36.4 Å². The molecule has 28 heavy (non-hydrogen) atoms. The number of methoxy groups -OCH3 is 1. The zero-order valence-corrected chi connectivity index (χ0v) is 15.2. The van der Waals surface area contributed by atoms with Crippen LogP contribution < -0.4 is 19.9 Å². The predicted octanol–water partition coefficient (Wildman–Crippen LogP) is 2.01. The Bertz CT molecular complexity index is 954. The van der Waals surface area contributed by atoms with Gasteiger partial charge in [0.25, 0.3) is 11.8 Å². The van der Waals surface area contributed by atoms with E-state index in [2.05, 4.69) is 5.43 Å². The summed E-state index contributed by atoms with van der Waals surface area (Å²) in [5.41, 5.74) is 3.57. The lowest BCUT2D eigenvalue weighted by molar-refractivity contribution is -0.144. The molecule has 1 aliphatic rings. The molecule has 2 N–H and O–H groups in total. The quantitative estimate of drug-likeness (QED) is 0.585. The molecule has 8 nitrogen and oxygen atoms in total. The second kappa shape index (κ2) is 7.83. The minimum atomic E-state index is -1.11. The number of hydrogen-bond acceptors (Lipinski definition) is 5. The number of carboxylic acid groups (broad SMARTS) is 1. The first-order chi connectivity index (χ1) is 13.4. The Morgan fingerprint density at radius 1 is 1.14 bits per heavy atom. The summed E-state index contributed by atoms with van der Waals surface area (Å²) in [4.78, 5) is 35.8. The Morgan fingerprint density at radius 2 is 1.86 bits per heavy atom. The third-order valence-electron chi connectivity index (χ3n) is 4.06. The number of anilines is 1. The Kier molecular flexibility index (Phi) is 5.30. The summed E-state index contributed by atoms with van der Waals surface area (Å²) in [5, 5.41) is 10.1. The largest absolute Gasteiger partial charge is 0.493 e. The number of nitrogens with one attached hydrogen (secondary N) is 1. The predicted molar refractivity (Wildman–Crippen MR) is 101 cm³/mol. The molecule has 0 saturated carbocycles. The lowest BCUT2D eigenvalue weighted by Gasteiger charge is -2.14. The van der Waals surface area contributed by atoms with Crippen LogP contribution in [0.15, 0.2) is 54.1 Å². The van der Waals surface area contributed by atoms with Crippen LogP contribution >= 0.6 is 0 Å². The van der Waals surface area contributed by atoms with E-state index in [1.807, 2.05) is 6.07 Å². The number of carboxylic acids is 1. The van der Waals surface area contributed by atoms with E-state index < -0.39 is 23.9 Å². The van der Waals surface area contributed by atoms with Crippen LogP contribution in [0.2, 0.25) is 0 Å². The van der Waals surface area contributed by atoms with E-state index >= 15 is 0 Å². The van der Waals surface area contributed by atoms with Crippen LogP contribution in [-0.2, 0) is 14.4 Å². The molecule has 0 aromatic heterocycles. The van der Waals surface area contributed by atoms with Gasteiger partial charge in [0.2, 0.25) is 0 Å². The average Bonchev–Trinajstić information content (AvgIpc) is 2.97. The third kappa shape index (κ3) is 3.80. The second-order valence-electron chi connectivity index (χ2n) is 5.98. The van der Waals surface area contributed by atoms with E-state index in [1.165, 1.54) is 31.2 Å². The smallest absolute Gasteiger partial charge is 0.344 e. The summed E-state index contributed by atoms with van der Waals surface area (Å²) in [5.74, 6) is -1.58. The number of amides is 2. The van der Waals surface area contributed by atoms with Crippen molar-refractivity contribution in [3.8, 4) is 11.5 Å². The summed E-state index contributed by atoms with van der Waals surface area (Å²) in [7, 11) is 1.41. The molecule has 1 unspecified atom stereocenters. The van der Waals surface area contributed by atoms with Crippen molar-refractivity contribution in [2.24, 2.45) is 0 Å². The molecule has 3 rings (SSSR count). The van der Waals surface area contributed by atoms with Gasteiger partial charge in [0.1, 0.15) is 5.57 Å². The lowest BCUT2D eigenvalue weighted by atomic mass is 10.1. The van der Waals surface area contributed by atoms with Gasteiger partial charge in [-0.05, 0) is 42.8 Å². The fourth-order valence-corrected chi connectivity index (χ4v) is 2.60. The molecule has 0 radical (unpaired) electrons. The van der Waals surface area contributed by atoms with E-state index in [-0.39, 0.29) is 17.1 Å². The van der Waals surface area contributed by atoms with Gasteiger partial charge in [-0.3, -0.25) is 15.0 Å². The summed E-state index contributed by atoms with van der Waals surface area (Å²) >= 11 is 0. The molecule has 1 atom stereocenters. The van der Waals surface area contributed by atoms with Crippen molar-refractivity contribution in [2.45, 2.75) is 13.0 Å². The molecule has 0 bridgehead atoms. The van der Waals surface area contributed by atoms with Crippen molar-refractivity contribution in [3.05, 3.63) is 59.7 Å². The van der Waals surface area contributed by atoms with Gasteiger partial charge < -0.3 is 14.6 Å². The van der Waals surface area contributed by atoms with Gasteiger partial charge in [0, 0.05) is 0 Å². The molecule has 1 saturated heterocycles. The van der Waals surface area contributed by atoms with E-state index in [0.29, 0.717) is 11.3 Å². The number of hydrogen-bond donors (Lipinski definition) is 2. The van der Waals surface area contributed by atoms with Gasteiger partial charge >= 0.3 is 5.97 Å². The van der Waals surface area contributed by atoms with Gasteiger partial charge in [-0.15, -0.1) is 0 Å². The number of ether oxygens (including phenoxy) is 2. The van der Waals surface area contributed by atoms with Crippen molar-refractivity contribution in [2.75, 3.05) is 12.1 Å². The number of benzene rings is 2. The number of aliphatic carboxylic acids is 1. The molecule has 1 aliphatic heterocycles. The molecule has 144 valence electrons. The first-order valence-electron chi connectivity index (χ1n) is 8.40. The minimum Gasteiger partial charge on any atom is -0.493 e. The maximum absolute atomic E-state index is 12.6. The maximum Gasteiger partial charge on any atom is 0.344 e. The summed E-state index contributed by atoms with van der Waals surface area (Å²) in [6.07, 6.45) is 0.382. The highest BCUT2D eigenvalue weighted by Crippen LogP contribution is 2.30. The van der Waals surface area contributed by atoms with Gasteiger partial charge in [-0.2, -0.15) is 0 Å². The Balaban J connectivity index is 1.87. The average molecular weight is 382 g/mol. The van der Waals surface area contributed by atoms with E-state index in [9.17, 15) is 14.4 Å². The number of carbonyl (C=O) groups excluding carboxylic acids is 2. The standard InChI is InChI=1S/C20H18N2O6/c1-12(20(25)26)28-16-9-8-13(11-17(16)27-2)10-15-18(23)21-22(19(15)24)14-6-4-3-5-7-14/h3-12H,1-2H3,(H,21,23)(H,25,26). The molecule has 2 amide bonds. The SMILES string of the molecule is COc1cc(C=C2C(=O)NN(c3ccccc3)C2=O)ccc1OC(C)C(=O)O. The number of para-hydroxylation sites is 1. The molecule has 0 spiro atoms. The highest BCUT2D eigenvalue weighted by atomic mass is 16.5. The van der Waals surface area contributed by atoms with Crippen LogP contribution in [0.5, 0.6) is 11.5 Å². The Labute approximate surface area is 160 Å². The Morgan fingerprint density at radius 3 is 2.50 bits per heavy atom. The normalized spacial score (nSPS) is 16.1. The van der Waals surface area contributed by atoms with Crippen molar-refractivity contribution in [3.63, 3.8) is 0 Å². The van der Waals surface area contributed by atoms with Crippen LogP contribution in [0.1, 0.15) is 12.5 Å². The van der Waals surface area contributed by atoms with Crippen LogP contribution in [-0.4, -0.2) is 36.1 Å². The molecule has 8 heteroatoms. The van der Waals surface area contributed by atoms with Crippen molar-refractivity contribution in [1.82, 2.24) is 5.43 Å². The van der Waals surface area contributed by atoms with E-state index in [4.69, 9.17) is 14.6 Å². The highest BCUT2D eigenvalue weighted by Gasteiger charge is 2.34. The summed E-state index contributed by atoms with van der Waals surface area (Å²) < 4.78 is 10.6. The third-order valence-corrected chi connectivity index (χ3v) is 4.06. The van der Waals surface area contributed by atoms with Gasteiger partial charge in [-0.25, -0.2) is 9.80 Å².